The molecule has 0 atom stereocenters. The largest absolute Gasteiger partial charge is 0.288 e. The average Bonchev–Trinajstić information content (AvgIpc) is 3.09. The third-order valence-corrected chi connectivity index (χ3v) is 4.84. The van der Waals surface area contributed by atoms with E-state index in [-0.39, 0.29) is 5.91 Å². The lowest BCUT2D eigenvalue weighted by Gasteiger charge is -2.10. The SMILES string of the molecule is Cc1nc(/C=C/C(=O)N(C)c2nc3ccccc3s2)cs1. The number of para-hydroxylation sites is 1. The first kappa shape index (κ1) is 13.9. The predicted molar refractivity (Wildman–Crippen MR) is 88.9 cm³/mol. The minimum atomic E-state index is -0.111. The molecule has 0 spiro atoms. The van der Waals surface area contributed by atoms with Crippen LogP contribution in [0, 0.1) is 6.92 Å². The van der Waals surface area contributed by atoms with Gasteiger partial charge in [-0.15, -0.1) is 11.3 Å². The second-order valence-electron chi connectivity index (χ2n) is 4.49. The quantitative estimate of drug-likeness (QED) is 0.692. The van der Waals surface area contributed by atoms with Gasteiger partial charge in [0.15, 0.2) is 5.13 Å². The maximum absolute atomic E-state index is 12.2. The predicted octanol–water partition coefficient (Wildman–Crippen LogP) is 3.74. The molecule has 0 saturated heterocycles. The van der Waals surface area contributed by atoms with Crippen molar-refractivity contribution in [2.75, 3.05) is 11.9 Å². The Bertz CT molecular complexity index is 786. The molecule has 3 aromatic rings. The standard InChI is InChI=1S/C15H13N3OS2/c1-10-16-11(9-20-10)7-8-14(19)18(2)15-17-12-5-3-4-6-13(12)21-15/h3-9H,1-2H3/b8-7+. The summed E-state index contributed by atoms with van der Waals surface area (Å²) in [5, 5.41) is 3.61. The molecule has 2 aromatic heterocycles. The summed E-state index contributed by atoms with van der Waals surface area (Å²) in [4.78, 5) is 22.5. The molecule has 21 heavy (non-hydrogen) atoms. The van der Waals surface area contributed by atoms with Gasteiger partial charge in [-0.25, -0.2) is 9.97 Å². The number of hydrogen-bond acceptors (Lipinski definition) is 5. The van der Waals surface area contributed by atoms with Crippen molar-refractivity contribution in [1.29, 1.82) is 0 Å². The fourth-order valence-corrected chi connectivity index (χ4v) is 3.34. The van der Waals surface area contributed by atoms with Crippen LogP contribution in [0.1, 0.15) is 10.7 Å². The number of carbonyl (C=O) groups excluding carboxylic acids is 1. The van der Waals surface area contributed by atoms with Crippen LogP contribution in [-0.2, 0) is 4.79 Å². The normalized spacial score (nSPS) is 11.3. The molecule has 6 heteroatoms. The van der Waals surface area contributed by atoms with Gasteiger partial charge in [0.2, 0.25) is 0 Å². The van der Waals surface area contributed by atoms with E-state index in [4.69, 9.17) is 0 Å². The van der Waals surface area contributed by atoms with Crippen LogP contribution in [0.15, 0.2) is 35.7 Å². The van der Waals surface area contributed by atoms with E-state index in [1.165, 1.54) is 17.4 Å². The summed E-state index contributed by atoms with van der Waals surface area (Å²) in [7, 11) is 1.73. The molecule has 4 nitrogen and oxygen atoms in total. The van der Waals surface area contributed by atoms with E-state index in [9.17, 15) is 4.79 Å². The monoisotopic (exact) mass is 315 g/mol. The van der Waals surface area contributed by atoms with Gasteiger partial charge in [0.1, 0.15) is 0 Å². The van der Waals surface area contributed by atoms with Crippen LogP contribution in [0.3, 0.4) is 0 Å². The first-order valence-electron chi connectivity index (χ1n) is 6.37. The number of fused-ring (bicyclic) bond motifs is 1. The minimum Gasteiger partial charge on any atom is -0.288 e. The lowest BCUT2D eigenvalue weighted by atomic mass is 10.3. The van der Waals surface area contributed by atoms with Gasteiger partial charge in [-0.1, -0.05) is 23.5 Å². The second kappa shape index (κ2) is 5.75. The summed E-state index contributed by atoms with van der Waals surface area (Å²) in [6.45, 7) is 1.94. The van der Waals surface area contributed by atoms with E-state index < -0.39 is 0 Å². The zero-order chi connectivity index (χ0) is 14.8. The van der Waals surface area contributed by atoms with Crippen LogP contribution in [0.5, 0.6) is 0 Å². The van der Waals surface area contributed by atoms with E-state index in [0.717, 1.165) is 20.9 Å². The third kappa shape index (κ3) is 3.01. The highest BCUT2D eigenvalue weighted by atomic mass is 32.1. The Labute approximate surface area is 130 Å². The van der Waals surface area contributed by atoms with Crippen LogP contribution in [0.2, 0.25) is 0 Å². The molecule has 0 unspecified atom stereocenters. The summed E-state index contributed by atoms with van der Waals surface area (Å²) in [5.41, 5.74) is 1.72. The zero-order valence-corrected chi connectivity index (χ0v) is 13.2. The molecule has 0 aliphatic heterocycles. The van der Waals surface area contributed by atoms with E-state index >= 15 is 0 Å². The molecule has 2 heterocycles. The Hall–Kier alpha value is -2.05. The van der Waals surface area contributed by atoms with Gasteiger partial charge in [0.05, 0.1) is 20.9 Å². The van der Waals surface area contributed by atoms with Gasteiger partial charge in [0.25, 0.3) is 5.91 Å². The van der Waals surface area contributed by atoms with Crippen molar-refractivity contribution in [2.24, 2.45) is 0 Å². The highest BCUT2D eigenvalue weighted by molar-refractivity contribution is 7.22. The smallest absolute Gasteiger partial charge is 0.252 e. The molecule has 0 fully saturated rings. The highest BCUT2D eigenvalue weighted by Crippen LogP contribution is 2.27. The molecule has 0 aliphatic carbocycles. The number of nitrogens with zero attached hydrogens (tertiary/aromatic N) is 3. The summed E-state index contributed by atoms with van der Waals surface area (Å²) < 4.78 is 1.08. The fourth-order valence-electron chi connectivity index (χ4n) is 1.82. The van der Waals surface area contributed by atoms with E-state index in [2.05, 4.69) is 9.97 Å². The molecule has 1 aromatic carbocycles. The summed E-state index contributed by atoms with van der Waals surface area (Å²) in [6.07, 6.45) is 3.26. The van der Waals surface area contributed by atoms with E-state index in [1.807, 2.05) is 36.6 Å². The molecule has 106 valence electrons. The summed E-state index contributed by atoms with van der Waals surface area (Å²) in [5.74, 6) is -0.111. The van der Waals surface area contributed by atoms with Crippen LogP contribution in [0.25, 0.3) is 16.3 Å². The van der Waals surface area contributed by atoms with Gasteiger partial charge in [0, 0.05) is 18.5 Å². The number of aryl methyl sites for hydroxylation is 1. The number of thiazole rings is 2. The number of benzene rings is 1. The Balaban J connectivity index is 1.79. The number of rotatable bonds is 3. The summed E-state index contributed by atoms with van der Waals surface area (Å²) in [6, 6.07) is 7.86. The average molecular weight is 315 g/mol. The number of aromatic nitrogens is 2. The lowest BCUT2D eigenvalue weighted by molar-refractivity contribution is -0.113. The number of amides is 1. The van der Waals surface area contributed by atoms with Crippen molar-refractivity contribution >= 4 is 50.0 Å². The Morgan fingerprint density at radius 1 is 1.29 bits per heavy atom. The molecule has 0 bridgehead atoms. The number of anilines is 1. The number of carbonyl (C=O) groups is 1. The third-order valence-electron chi connectivity index (χ3n) is 2.93. The first-order chi connectivity index (χ1) is 10.1. The van der Waals surface area contributed by atoms with Crippen LogP contribution >= 0.6 is 22.7 Å². The Kier molecular flexibility index (Phi) is 3.81. The molecule has 3 rings (SSSR count). The van der Waals surface area contributed by atoms with E-state index in [1.54, 1.807) is 29.4 Å². The van der Waals surface area contributed by atoms with Crippen LogP contribution < -0.4 is 4.90 Å². The highest BCUT2D eigenvalue weighted by Gasteiger charge is 2.12. The Morgan fingerprint density at radius 3 is 2.81 bits per heavy atom. The second-order valence-corrected chi connectivity index (χ2v) is 6.56. The molecule has 0 aliphatic rings. The molecule has 0 saturated carbocycles. The van der Waals surface area contributed by atoms with Crippen LogP contribution in [0.4, 0.5) is 5.13 Å². The molecular weight excluding hydrogens is 302 g/mol. The van der Waals surface area contributed by atoms with Crippen molar-refractivity contribution in [3.05, 3.63) is 46.4 Å². The minimum absolute atomic E-state index is 0.111. The Morgan fingerprint density at radius 2 is 2.10 bits per heavy atom. The summed E-state index contributed by atoms with van der Waals surface area (Å²) >= 11 is 3.07. The number of likely N-dealkylation sites (N-methyl/N-ethyl adjacent to an activating group) is 1. The maximum atomic E-state index is 12.2. The van der Waals surface area contributed by atoms with Gasteiger partial charge in [-0.05, 0) is 25.1 Å². The molecular formula is C15H13N3OS2. The molecule has 0 radical (unpaired) electrons. The molecule has 1 amide bonds. The van der Waals surface area contributed by atoms with Crippen molar-refractivity contribution in [2.45, 2.75) is 6.92 Å². The van der Waals surface area contributed by atoms with E-state index in [0.29, 0.717) is 5.13 Å². The first-order valence-corrected chi connectivity index (χ1v) is 8.06. The molecule has 0 N–H and O–H groups in total. The van der Waals surface area contributed by atoms with Gasteiger partial charge in [-0.2, -0.15) is 0 Å². The van der Waals surface area contributed by atoms with Gasteiger partial charge in [-0.3, -0.25) is 9.69 Å². The van der Waals surface area contributed by atoms with Crippen molar-refractivity contribution < 1.29 is 4.79 Å². The zero-order valence-electron chi connectivity index (χ0n) is 11.6. The van der Waals surface area contributed by atoms with Gasteiger partial charge < -0.3 is 0 Å². The van der Waals surface area contributed by atoms with Crippen molar-refractivity contribution in [3.63, 3.8) is 0 Å². The van der Waals surface area contributed by atoms with Crippen molar-refractivity contribution in [1.82, 2.24) is 9.97 Å². The fraction of sp³-hybridized carbons (Fsp3) is 0.133. The van der Waals surface area contributed by atoms with Crippen LogP contribution in [-0.4, -0.2) is 22.9 Å². The maximum Gasteiger partial charge on any atom is 0.252 e. The lowest BCUT2D eigenvalue weighted by Crippen LogP contribution is -2.23. The van der Waals surface area contributed by atoms with Gasteiger partial charge >= 0.3 is 0 Å². The topological polar surface area (TPSA) is 46.1 Å². The number of hydrogen-bond donors (Lipinski definition) is 0. The van der Waals surface area contributed by atoms with Crippen molar-refractivity contribution in [3.8, 4) is 0 Å².